The summed E-state index contributed by atoms with van der Waals surface area (Å²) in [6, 6.07) is 3.15. The Morgan fingerprint density at radius 3 is 2.74 bits per heavy atom. The monoisotopic (exact) mass is 281 g/mol. The van der Waals surface area contributed by atoms with E-state index in [1.165, 1.54) is 17.8 Å². The van der Waals surface area contributed by atoms with Gasteiger partial charge in [0.05, 0.1) is 16.6 Å². The molecule has 1 heterocycles. The maximum atomic E-state index is 13.1. The molecule has 0 aliphatic carbocycles. The maximum absolute atomic E-state index is 13.1. The van der Waals surface area contributed by atoms with Crippen LogP contribution in [0.4, 0.5) is 16.0 Å². The van der Waals surface area contributed by atoms with Crippen LogP contribution in [0.1, 0.15) is 0 Å². The molecule has 2 aromatic rings. The zero-order chi connectivity index (χ0) is 14.0. The Labute approximate surface area is 111 Å². The zero-order valence-corrected chi connectivity index (χ0v) is 10.5. The fourth-order valence-corrected chi connectivity index (χ4v) is 1.79. The summed E-state index contributed by atoms with van der Waals surface area (Å²) in [7, 11) is 0. The standard InChI is InChI=1S/C10H8FN5O2S/c1-19-10-14-8(13-9(12)15-10)6-3-2-5(11)4-7(6)16(17)18/h2-4H,1H3,(H2,12,13,14,15). The highest BCUT2D eigenvalue weighted by Gasteiger charge is 2.19. The Balaban J connectivity index is 2.64. The normalized spacial score (nSPS) is 10.4. The molecule has 98 valence electrons. The molecule has 0 saturated heterocycles. The van der Waals surface area contributed by atoms with E-state index in [4.69, 9.17) is 5.73 Å². The van der Waals surface area contributed by atoms with E-state index in [1.807, 2.05) is 0 Å². The molecule has 0 unspecified atom stereocenters. The van der Waals surface area contributed by atoms with Crippen LogP contribution < -0.4 is 5.73 Å². The molecular formula is C10H8FN5O2S. The number of thioether (sulfide) groups is 1. The largest absolute Gasteiger partial charge is 0.368 e. The van der Waals surface area contributed by atoms with Crippen LogP contribution in [-0.2, 0) is 0 Å². The lowest BCUT2D eigenvalue weighted by molar-refractivity contribution is -0.384. The topological polar surface area (TPSA) is 108 Å². The first-order chi connectivity index (χ1) is 9.01. The Kier molecular flexibility index (Phi) is 3.56. The van der Waals surface area contributed by atoms with E-state index in [1.54, 1.807) is 6.26 Å². The van der Waals surface area contributed by atoms with Gasteiger partial charge in [-0.2, -0.15) is 9.97 Å². The van der Waals surface area contributed by atoms with Crippen molar-refractivity contribution in [3.63, 3.8) is 0 Å². The van der Waals surface area contributed by atoms with E-state index in [0.29, 0.717) is 5.16 Å². The number of aromatic nitrogens is 3. The van der Waals surface area contributed by atoms with Gasteiger partial charge in [0, 0.05) is 0 Å². The molecule has 2 N–H and O–H groups in total. The molecule has 0 aliphatic rings. The Hall–Kier alpha value is -2.29. The predicted molar refractivity (Wildman–Crippen MR) is 68.1 cm³/mol. The van der Waals surface area contributed by atoms with Gasteiger partial charge in [0.25, 0.3) is 5.69 Å². The number of anilines is 1. The number of benzene rings is 1. The molecule has 0 aliphatic heterocycles. The molecule has 1 aromatic heterocycles. The van der Waals surface area contributed by atoms with Crippen LogP contribution in [0, 0.1) is 15.9 Å². The van der Waals surface area contributed by atoms with E-state index in [-0.39, 0.29) is 17.3 Å². The summed E-state index contributed by atoms with van der Waals surface area (Å²) < 4.78 is 13.1. The summed E-state index contributed by atoms with van der Waals surface area (Å²) in [5.41, 5.74) is 5.18. The summed E-state index contributed by atoms with van der Waals surface area (Å²) in [6.07, 6.45) is 1.73. The van der Waals surface area contributed by atoms with Crippen LogP contribution in [0.2, 0.25) is 0 Å². The Morgan fingerprint density at radius 2 is 2.11 bits per heavy atom. The van der Waals surface area contributed by atoms with Crippen LogP contribution in [-0.4, -0.2) is 26.1 Å². The van der Waals surface area contributed by atoms with E-state index < -0.39 is 16.4 Å². The first-order valence-corrected chi connectivity index (χ1v) is 6.23. The zero-order valence-electron chi connectivity index (χ0n) is 9.70. The van der Waals surface area contributed by atoms with E-state index >= 15 is 0 Å². The average molecular weight is 281 g/mol. The SMILES string of the molecule is CSc1nc(N)nc(-c2ccc(F)cc2[N+](=O)[O-])n1. The number of nitrogens with two attached hydrogens (primary N) is 1. The lowest BCUT2D eigenvalue weighted by atomic mass is 10.1. The third-order valence-electron chi connectivity index (χ3n) is 2.21. The van der Waals surface area contributed by atoms with Gasteiger partial charge in [-0.15, -0.1) is 0 Å². The Morgan fingerprint density at radius 1 is 1.37 bits per heavy atom. The number of nitro benzene ring substituents is 1. The van der Waals surface area contributed by atoms with Gasteiger partial charge in [0.1, 0.15) is 5.82 Å². The first kappa shape index (κ1) is 13.1. The van der Waals surface area contributed by atoms with Crippen LogP contribution in [0.15, 0.2) is 23.4 Å². The summed E-state index contributed by atoms with van der Waals surface area (Å²) in [6.45, 7) is 0. The molecular weight excluding hydrogens is 273 g/mol. The fourth-order valence-electron chi connectivity index (χ4n) is 1.43. The number of nitrogen functional groups attached to an aromatic ring is 1. The van der Waals surface area contributed by atoms with Gasteiger partial charge in [-0.05, 0) is 18.4 Å². The highest BCUT2D eigenvalue weighted by atomic mass is 32.2. The van der Waals surface area contributed by atoms with Crippen molar-refractivity contribution >= 4 is 23.4 Å². The lowest BCUT2D eigenvalue weighted by Crippen LogP contribution is -2.03. The minimum absolute atomic E-state index is 0.0450. The molecule has 19 heavy (non-hydrogen) atoms. The third-order valence-corrected chi connectivity index (χ3v) is 2.76. The summed E-state index contributed by atoms with van der Waals surface area (Å²) >= 11 is 1.22. The number of rotatable bonds is 3. The van der Waals surface area contributed by atoms with Crippen LogP contribution in [0.3, 0.4) is 0 Å². The fraction of sp³-hybridized carbons (Fsp3) is 0.100. The van der Waals surface area contributed by atoms with E-state index in [0.717, 1.165) is 12.1 Å². The molecule has 0 atom stereocenters. The first-order valence-electron chi connectivity index (χ1n) is 5.01. The van der Waals surface area contributed by atoms with Crippen molar-refractivity contribution in [3.8, 4) is 11.4 Å². The average Bonchev–Trinajstić information content (AvgIpc) is 2.37. The molecule has 2 rings (SSSR count). The second-order valence-corrected chi connectivity index (χ2v) is 4.20. The van der Waals surface area contributed by atoms with Gasteiger partial charge in [-0.25, -0.2) is 9.37 Å². The highest BCUT2D eigenvalue weighted by molar-refractivity contribution is 7.98. The van der Waals surface area contributed by atoms with Crippen LogP contribution in [0.25, 0.3) is 11.4 Å². The number of nitro groups is 1. The van der Waals surface area contributed by atoms with Gasteiger partial charge in [0.15, 0.2) is 11.0 Å². The third kappa shape index (κ3) is 2.76. The molecule has 7 nitrogen and oxygen atoms in total. The molecule has 0 amide bonds. The minimum atomic E-state index is -0.706. The summed E-state index contributed by atoms with van der Waals surface area (Å²) in [5, 5.41) is 11.3. The second-order valence-electron chi connectivity index (χ2n) is 3.42. The van der Waals surface area contributed by atoms with Crippen molar-refractivity contribution in [3.05, 3.63) is 34.1 Å². The summed E-state index contributed by atoms with van der Waals surface area (Å²) in [4.78, 5) is 21.9. The summed E-state index contributed by atoms with van der Waals surface area (Å²) in [5.74, 6) is -0.709. The van der Waals surface area contributed by atoms with E-state index in [2.05, 4.69) is 15.0 Å². The highest BCUT2D eigenvalue weighted by Crippen LogP contribution is 2.29. The molecule has 9 heteroatoms. The number of hydrogen-bond donors (Lipinski definition) is 1. The number of hydrogen-bond acceptors (Lipinski definition) is 7. The quantitative estimate of drug-likeness (QED) is 0.520. The molecule has 0 saturated carbocycles. The van der Waals surface area contributed by atoms with Crippen molar-refractivity contribution < 1.29 is 9.31 Å². The van der Waals surface area contributed by atoms with Crippen molar-refractivity contribution in [2.24, 2.45) is 0 Å². The number of nitrogens with zero attached hydrogens (tertiary/aromatic N) is 4. The van der Waals surface area contributed by atoms with Crippen molar-refractivity contribution in [1.82, 2.24) is 15.0 Å². The molecule has 0 fully saturated rings. The van der Waals surface area contributed by atoms with Crippen LogP contribution >= 0.6 is 11.8 Å². The predicted octanol–water partition coefficient (Wildman–Crippen LogP) is 1.89. The number of halogens is 1. The van der Waals surface area contributed by atoms with Crippen molar-refractivity contribution in [1.29, 1.82) is 0 Å². The maximum Gasteiger partial charge on any atom is 0.283 e. The van der Waals surface area contributed by atoms with Crippen molar-refractivity contribution in [2.75, 3.05) is 12.0 Å². The van der Waals surface area contributed by atoms with Gasteiger partial charge >= 0.3 is 0 Å². The van der Waals surface area contributed by atoms with Crippen LogP contribution in [0.5, 0.6) is 0 Å². The lowest BCUT2D eigenvalue weighted by Gasteiger charge is -2.04. The molecule has 0 bridgehead atoms. The Bertz CT molecular complexity index is 652. The van der Waals surface area contributed by atoms with Gasteiger partial charge in [-0.3, -0.25) is 10.1 Å². The van der Waals surface area contributed by atoms with E-state index in [9.17, 15) is 14.5 Å². The van der Waals surface area contributed by atoms with Gasteiger partial charge < -0.3 is 5.73 Å². The molecule has 1 aromatic carbocycles. The van der Waals surface area contributed by atoms with Gasteiger partial charge in [-0.1, -0.05) is 11.8 Å². The molecule has 0 spiro atoms. The van der Waals surface area contributed by atoms with Crippen molar-refractivity contribution in [2.45, 2.75) is 5.16 Å². The van der Waals surface area contributed by atoms with Gasteiger partial charge in [0.2, 0.25) is 5.95 Å². The smallest absolute Gasteiger partial charge is 0.283 e. The second kappa shape index (κ2) is 5.14. The minimum Gasteiger partial charge on any atom is -0.368 e. The molecule has 0 radical (unpaired) electrons.